The maximum Gasteiger partial charge on any atom is 1.00 e. The molecule has 0 bridgehead atoms. The fourth-order valence-electron chi connectivity index (χ4n) is 0.971. The van der Waals surface area contributed by atoms with Gasteiger partial charge in [-0.2, -0.15) is 6.42 Å². The Labute approximate surface area is 173 Å². The zero-order chi connectivity index (χ0) is 16.0. The maximum atomic E-state index is 3.60. The SMILES string of the molecule is CI.Cc1csc(Br)c1.Cc1csc(C)c1.[CH2-]CCC.[Li+]. The van der Waals surface area contributed by atoms with Gasteiger partial charge in [0.1, 0.15) is 0 Å². The Morgan fingerprint density at radius 1 is 1.05 bits per heavy atom. The second-order valence-electron chi connectivity index (χ2n) is 4.02. The van der Waals surface area contributed by atoms with Gasteiger partial charge in [0.25, 0.3) is 0 Å². The van der Waals surface area contributed by atoms with Crippen molar-refractivity contribution in [2.45, 2.75) is 40.5 Å². The molecular weight excluding hydrogens is 470 g/mol. The molecule has 0 aromatic carbocycles. The van der Waals surface area contributed by atoms with Gasteiger partial charge >= 0.3 is 18.9 Å². The van der Waals surface area contributed by atoms with Crippen molar-refractivity contribution >= 4 is 61.2 Å². The number of rotatable bonds is 1. The molecule has 0 nitrogen and oxygen atoms in total. The number of unbranched alkanes of at least 4 members (excludes halogenated alkanes) is 1. The molecule has 0 fully saturated rings. The van der Waals surface area contributed by atoms with Crippen LogP contribution < -0.4 is 18.9 Å². The quantitative estimate of drug-likeness (QED) is 0.230. The number of aryl methyl sites for hydroxylation is 3. The predicted octanol–water partition coefficient (Wildman–Crippen LogP) is 4.86. The smallest absolute Gasteiger partial charge is 0.343 e. The van der Waals surface area contributed by atoms with Gasteiger partial charge in [0, 0.05) is 4.88 Å². The average molecular weight is 495 g/mol. The Balaban J connectivity index is -0.000000221. The average Bonchev–Trinajstić information content (AvgIpc) is 3.01. The minimum atomic E-state index is 0. The molecule has 2 aromatic rings. The third-order valence-electron chi connectivity index (χ3n) is 1.91. The second-order valence-corrected chi connectivity index (χ2v) is 7.42. The Bertz CT molecular complexity index is 354. The van der Waals surface area contributed by atoms with Gasteiger partial charge in [0.2, 0.25) is 0 Å². The molecule has 21 heavy (non-hydrogen) atoms. The van der Waals surface area contributed by atoms with Crippen molar-refractivity contribution in [3.05, 3.63) is 49.6 Å². The summed E-state index contributed by atoms with van der Waals surface area (Å²) in [4.78, 5) is 3.37. The van der Waals surface area contributed by atoms with Gasteiger partial charge in [-0.3, -0.25) is 0 Å². The topological polar surface area (TPSA) is 0 Å². The monoisotopic (exact) mass is 494 g/mol. The van der Waals surface area contributed by atoms with Crippen molar-refractivity contribution in [2.75, 3.05) is 4.93 Å². The van der Waals surface area contributed by atoms with Crippen LogP contribution in [0.2, 0.25) is 0 Å². The van der Waals surface area contributed by atoms with E-state index in [-0.39, 0.29) is 18.9 Å². The summed E-state index contributed by atoms with van der Waals surface area (Å²) in [5.74, 6) is 0. The summed E-state index contributed by atoms with van der Waals surface area (Å²) in [6.45, 7) is 12.0. The number of alkyl halides is 1. The molecule has 0 amide bonds. The summed E-state index contributed by atoms with van der Waals surface area (Å²) >= 11 is 9.03. The molecule has 0 unspecified atom stereocenters. The van der Waals surface area contributed by atoms with E-state index in [2.05, 4.69) is 96.0 Å². The summed E-state index contributed by atoms with van der Waals surface area (Å²) in [6.07, 6.45) is 2.28. The van der Waals surface area contributed by atoms with Crippen LogP contribution in [0, 0.1) is 27.7 Å². The molecule has 0 spiro atoms. The molecule has 5 heteroatoms. The summed E-state index contributed by atoms with van der Waals surface area (Å²) in [5.41, 5.74) is 2.71. The molecule has 2 aromatic heterocycles. The minimum Gasteiger partial charge on any atom is -0.343 e. The first kappa shape index (κ1) is 27.1. The van der Waals surface area contributed by atoms with E-state index in [0.717, 1.165) is 6.42 Å². The van der Waals surface area contributed by atoms with Crippen LogP contribution in [-0.4, -0.2) is 4.93 Å². The molecule has 0 aliphatic carbocycles. The molecule has 116 valence electrons. The first-order chi connectivity index (χ1) is 9.49. The Morgan fingerprint density at radius 2 is 1.48 bits per heavy atom. The van der Waals surface area contributed by atoms with Crippen LogP contribution in [0.4, 0.5) is 0 Å². The number of halogens is 2. The van der Waals surface area contributed by atoms with Crippen LogP contribution in [-0.2, 0) is 0 Å². The molecule has 0 atom stereocenters. The molecule has 0 aliphatic rings. The van der Waals surface area contributed by atoms with Crippen molar-refractivity contribution in [2.24, 2.45) is 0 Å². The fraction of sp³-hybridized carbons (Fsp3) is 0.438. The minimum absolute atomic E-state index is 0. The van der Waals surface area contributed by atoms with Crippen LogP contribution in [0.25, 0.3) is 0 Å². The van der Waals surface area contributed by atoms with E-state index in [1.165, 1.54) is 26.2 Å². The zero-order valence-electron chi connectivity index (χ0n) is 14.0. The van der Waals surface area contributed by atoms with Crippen LogP contribution in [0.3, 0.4) is 0 Å². The van der Waals surface area contributed by atoms with Crippen LogP contribution in [0.1, 0.15) is 35.8 Å². The van der Waals surface area contributed by atoms with Crippen LogP contribution in [0.5, 0.6) is 0 Å². The van der Waals surface area contributed by atoms with Crippen molar-refractivity contribution < 1.29 is 18.9 Å². The predicted molar refractivity (Wildman–Crippen MR) is 111 cm³/mol. The van der Waals surface area contributed by atoms with Crippen LogP contribution >= 0.6 is 61.2 Å². The van der Waals surface area contributed by atoms with E-state index in [0.29, 0.717) is 0 Å². The van der Waals surface area contributed by atoms with Crippen molar-refractivity contribution in [1.82, 2.24) is 0 Å². The molecule has 0 aliphatic heterocycles. The molecular formula is C16H25BrILiS2. The van der Waals surface area contributed by atoms with Crippen LogP contribution in [0.15, 0.2) is 26.7 Å². The van der Waals surface area contributed by atoms with E-state index in [9.17, 15) is 0 Å². The van der Waals surface area contributed by atoms with E-state index in [4.69, 9.17) is 0 Å². The summed E-state index contributed by atoms with van der Waals surface area (Å²) in [6, 6.07) is 4.29. The maximum absolute atomic E-state index is 3.60. The van der Waals surface area contributed by atoms with Gasteiger partial charge in [0.15, 0.2) is 0 Å². The first-order valence-corrected chi connectivity index (χ1v) is 11.1. The van der Waals surface area contributed by atoms with E-state index < -0.39 is 0 Å². The third-order valence-corrected chi connectivity index (χ3v) is 4.52. The largest absolute Gasteiger partial charge is 1.00 e. The van der Waals surface area contributed by atoms with Gasteiger partial charge in [-0.1, -0.05) is 35.9 Å². The van der Waals surface area contributed by atoms with E-state index in [1.807, 2.05) is 4.93 Å². The molecule has 0 saturated heterocycles. The van der Waals surface area contributed by atoms with E-state index in [1.54, 1.807) is 22.7 Å². The summed E-state index contributed by atoms with van der Waals surface area (Å²) < 4.78 is 1.21. The molecule has 0 N–H and O–H groups in total. The number of hydrogen-bond donors (Lipinski definition) is 0. The molecule has 2 heterocycles. The van der Waals surface area contributed by atoms with Gasteiger partial charge < -0.3 is 6.92 Å². The number of hydrogen-bond acceptors (Lipinski definition) is 2. The fourth-order valence-corrected chi connectivity index (χ4v) is 2.93. The van der Waals surface area contributed by atoms with Gasteiger partial charge in [-0.15, -0.1) is 22.7 Å². The zero-order valence-corrected chi connectivity index (χ0v) is 19.4. The van der Waals surface area contributed by atoms with Crippen molar-refractivity contribution in [3.8, 4) is 0 Å². The molecule has 2 rings (SSSR count). The standard InChI is InChI=1S/C6H8S.C5H5BrS.C4H9.CH3I.Li/c1-5-3-6(2)7-4-5;1-4-2-5(6)7-3-4;1-3-4-2;1-2;/h3-4H,1-2H3;2-3H,1H3;1,3-4H2,2H3;1H3;/q;;-1;;+1. The normalized spacial score (nSPS) is 8.00. The van der Waals surface area contributed by atoms with Crippen molar-refractivity contribution in [1.29, 1.82) is 0 Å². The Kier molecular flexibility index (Phi) is 24.8. The summed E-state index contributed by atoms with van der Waals surface area (Å²) in [5, 5.41) is 4.28. The van der Waals surface area contributed by atoms with Gasteiger partial charge in [-0.25, -0.2) is 0 Å². The Hall–Kier alpha value is 1.21. The molecule has 0 saturated carbocycles. The third kappa shape index (κ3) is 19.2. The number of thiophene rings is 2. The van der Waals surface area contributed by atoms with Gasteiger partial charge in [0.05, 0.1) is 3.79 Å². The Morgan fingerprint density at radius 3 is 1.57 bits per heavy atom. The molecule has 0 radical (unpaired) electrons. The first-order valence-electron chi connectivity index (χ1n) is 6.39. The van der Waals surface area contributed by atoms with E-state index >= 15 is 0 Å². The second kappa shape index (κ2) is 19.3. The van der Waals surface area contributed by atoms with Crippen molar-refractivity contribution in [3.63, 3.8) is 0 Å². The summed E-state index contributed by atoms with van der Waals surface area (Å²) in [7, 11) is 0. The van der Waals surface area contributed by atoms with Gasteiger partial charge in [-0.05, 0) is 75.7 Å².